The van der Waals surface area contributed by atoms with E-state index in [1.807, 2.05) is 23.6 Å². The largest absolute Gasteiger partial charge is 0.395 e. The van der Waals surface area contributed by atoms with Gasteiger partial charge in [0.15, 0.2) is 0 Å². The Kier molecular flexibility index (Phi) is 3.85. The molecule has 0 radical (unpaired) electrons. The predicted octanol–water partition coefficient (Wildman–Crippen LogP) is 1.14. The number of rotatable bonds is 2. The number of carbonyl (C=O) groups is 1. The third kappa shape index (κ3) is 2.21. The minimum absolute atomic E-state index is 0.00926. The molecule has 1 fully saturated rings. The third-order valence-corrected chi connectivity index (χ3v) is 4.52. The summed E-state index contributed by atoms with van der Waals surface area (Å²) in [5.41, 5.74) is 7.91. The third-order valence-electron chi connectivity index (χ3n) is 3.33. The van der Waals surface area contributed by atoms with Gasteiger partial charge in [0.05, 0.1) is 11.4 Å². The van der Waals surface area contributed by atoms with Gasteiger partial charge in [0.2, 0.25) is 0 Å². The van der Waals surface area contributed by atoms with Crippen molar-refractivity contribution in [3.8, 4) is 0 Å². The molecule has 1 amide bonds. The fourth-order valence-electron chi connectivity index (χ4n) is 2.28. The molecule has 5 nitrogen and oxygen atoms in total. The monoisotopic (exact) mass is 268 g/mol. The van der Waals surface area contributed by atoms with Crippen molar-refractivity contribution in [2.75, 3.05) is 23.8 Å². The number of aryl methyl sites for hydroxylation is 2. The van der Waals surface area contributed by atoms with Gasteiger partial charge in [-0.05, 0) is 13.3 Å². The Morgan fingerprint density at radius 3 is 2.89 bits per heavy atom. The predicted molar refractivity (Wildman–Crippen MR) is 74.8 cm³/mol. The molecule has 0 bridgehead atoms. The molecule has 2 heterocycles. The van der Waals surface area contributed by atoms with E-state index in [-0.39, 0.29) is 11.9 Å². The summed E-state index contributed by atoms with van der Waals surface area (Å²) in [5, 5.41) is 4.31. The molecule has 1 aliphatic heterocycles. The topological polar surface area (TPSA) is 64.2 Å². The number of carbonyl (C=O) groups excluding carboxylic acids is 1. The van der Waals surface area contributed by atoms with Gasteiger partial charge in [-0.2, -0.15) is 16.9 Å². The second-order valence-electron chi connectivity index (χ2n) is 4.61. The Labute approximate surface area is 112 Å². The van der Waals surface area contributed by atoms with E-state index < -0.39 is 0 Å². The highest BCUT2D eigenvalue weighted by Crippen LogP contribution is 2.23. The summed E-state index contributed by atoms with van der Waals surface area (Å²) in [6.45, 7) is 4.86. The van der Waals surface area contributed by atoms with E-state index in [1.54, 1.807) is 11.7 Å². The van der Waals surface area contributed by atoms with Gasteiger partial charge in [-0.15, -0.1) is 0 Å². The van der Waals surface area contributed by atoms with Crippen LogP contribution in [0.2, 0.25) is 0 Å². The molecule has 1 aromatic rings. The molecule has 2 rings (SSSR count). The lowest BCUT2D eigenvalue weighted by Gasteiger charge is -2.33. The molecule has 1 aliphatic rings. The van der Waals surface area contributed by atoms with Crippen molar-refractivity contribution in [3.63, 3.8) is 0 Å². The van der Waals surface area contributed by atoms with Crippen molar-refractivity contribution in [1.82, 2.24) is 14.7 Å². The second kappa shape index (κ2) is 5.22. The molecule has 1 unspecified atom stereocenters. The highest BCUT2D eigenvalue weighted by molar-refractivity contribution is 7.99. The van der Waals surface area contributed by atoms with Crippen LogP contribution < -0.4 is 5.73 Å². The molecule has 18 heavy (non-hydrogen) atoms. The molecule has 100 valence electrons. The van der Waals surface area contributed by atoms with Gasteiger partial charge in [0.1, 0.15) is 5.69 Å². The zero-order chi connectivity index (χ0) is 13.3. The summed E-state index contributed by atoms with van der Waals surface area (Å²) in [5.74, 6) is 1.99. The first-order valence-electron chi connectivity index (χ1n) is 6.26. The smallest absolute Gasteiger partial charge is 0.274 e. The summed E-state index contributed by atoms with van der Waals surface area (Å²) in [4.78, 5) is 14.5. The number of anilines is 1. The van der Waals surface area contributed by atoms with Crippen molar-refractivity contribution in [2.24, 2.45) is 7.05 Å². The van der Waals surface area contributed by atoms with Crippen LogP contribution in [0.4, 0.5) is 5.69 Å². The van der Waals surface area contributed by atoms with Crippen LogP contribution in [0.3, 0.4) is 0 Å². The molecule has 1 saturated heterocycles. The summed E-state index contributed by atoms with van der Waals surface area (Å²) in [7, 11) is 1.78. The summed E-state index contributed by atoms with van der Waals surface area (Å²) in [6.07, 6.45) is 0.748. The molecule has 0 aromatic carbocycles. The Bertz CT molecular complexity index is 457. The van der Waals surface area contributed by atoms with Crippen molar-refractivity contribution in [3.05, 3.63) is 11.4 Å². The summed E-state index contributed by atoms with van der Waals surface area (Å²) >= 11 is 1.89. The van der Waals surface area contributed by atoms with Crippen LogP contribution in [0, 0.1) is 0 Å². The molecule has 2 N–H and O–H groups in total. The fraction of sp³-hybridized carbons (Fsp3) is 0.667. The molecular formula is C12H20N4OS. The van der Waals surface area contributed by atoms with Crippen LogP contribution in [-0.4, -0.2) is 44.7 Å². The fourth-order valence-corrected chi connectivity index (χ4v) is 3.29. The average molecular weight is 268 g/mol. The van der Waals surface area contributed by atoms with Gasteiger partial charge in [0, 0.05) is 31.1 Å². The highest BCUT2D eigenvalue weighted by atomic mass is 32.2. The maximum absolute atomic E-state index is 12.6. The molecule has 0 saturated carbocycles. The zero-order valence-electron chi connectivity index (χ0n) is 11.1. The molecule has 1 atom stereocenters. The van der Waals surface area contributed by atoms with Crippen molar-refractivity contribution in [2.45, 2.75) is 26.3 Å². The first kappa shape index (κ1) is 13.3. The van der Waals surface area contributed by atoms with E-state index in [1.165, 1.54) is 0 Å². The molecule has 6 heteroatoms. The van der Waals surface area contributed by atoms with Crippen LogP contribution in [0.25, 0.3) is 0 Å². The zero-order valence-corrected chi connectivity index (χ0v) is 12.0. The normalized spacial score (nSPS) is 20.2. The van der Waals surface area contributed by atoms with Gasteiger partial charge in [-0.1, -0.05) is 6.92 Å². The van der Waals surface area contributed by atoms with Crippen LogP contribution in [0.5, 0.6) is 0 Å². The standard InChI is InChI=1S/C12H20N4OS/c1-4-9-10(13)11(15(3)14-9)12(17)16-5-6-18-7-8(16)2/h8H,4-7,13H2,1-3H3. The van der Waals surface area contributed by atoms with E-state index in [9.17, 15) is 4.79 Å². The highest BCUT2D eigenvalue weighted by Gasteiger charge is 2.29. The molecule has 0 aliphatic carbocycles. The van der Waals surface area contributed by atoms with E-state index in [0.29, 0.717) is 11.4 Å². The van der Waals surface area contributed by atoms with Crippen molar-refractivity contribution >= 4 is 23.4 Å². The van der Waals surface area contributed by atoms with Crippen molar-refractivity contribution in [1.29, 1.82) is 0 Å². The van der Waals surface area contributed by atoms with Crippen LogP contribution >= 0.6 is 11.8 Å². The quantitative estimate of drug-likeness (QED) is 0.873. The van der Waals surface area contributed by atoms with Crippen LogP contribution in [0.15, 0.2) is 0 Å². The van der Waals surface area contributed by atoms with Crippen molar-refractivity contribution < 1.29 is 4.79 Å². The number of hydrogen-bond donors (Lipinski definition) is 1. The average Bonchev–Trinajstić information content (AvgIpc) is 2.64. The van der Waals surface area contributed by atoms with Gasteiger partial charge in [0.25, 0.3) is 5.91 Å². The number of hydrogen-bond acceptors (Lipinski definition) is 4. The number of amides is 1. The number of nitrogens with zero attached hydrogens (tertiary/aromatic N) is 3. The van der Waals surface area contributed by atoms with Gasteiger partial charge >= 0.3 is 0 Å². The lowest BCUT2D eigenvalue weighted by atomic mass is 10.2. The minimum Gasteiger partial charge on any atom is -0.395 e. The Morgan fingerprint density at radius 1 is 1.61 bits per heavy atom. The van der Waals surface area contributed by atoms with E-state index >= 15 is 0 Å². The first-order valence-corrected chi connectivity index (χ1v) is 7.41. The lowest BCUT2D eigenvalue weighted by Crippen LogP contribution is -2.45. The maximum atomic E-state index is 12.6. The summed E-state index contributed by atoms with van der Waals surface area (Å²) < 4.78 is 1.62. The molecular weight excluding hydrogens is 248 g/mol. The number of thioether (sulfide) groups is 1. The number of nitrogens with two attached hydrogens (primary N) is 1. The minimum atomic E-state index is 0.00926. The number of aromatic nitrogens is 2. The second-order valence-corrected chi connectivity index (χ2v) is 5.76. The number of nitrogen functional groups attached to an aromatic ring is 1. The van der Waals surface area contributed by atoms with E-state index in [0.717, 1.165) is 30.2 Å². The van der Waals surface area contributed by atoms with Gasteiger partial charge in [-0.25, -0.2) is 0 Å². The summed E-state index contributed by atoms with van der Waals surface area (Å²) in [6, 6.07) is 0.260. The van der Waals surface area contributed by atoms with Gasteiger partial charge in [-0.3, -0.25) is 9.48 Å². The molecule has 1 aromatic heterocycles. The van der Waals surface area contributed by atoms with Gasteiger partial charge < -0.3 is 10.6 Å². The Hall–Kier alpha value is -1.17. The lowest BCUT2D eigenvalue weighted by molar-refractivity contribution is 0.0706. The van der Waals surface area contributed by atoms with E-state index in [4.69, 9.17) is 5.73 Å². The first-order chi connectivity index (χ1) is 8.56. The SMILES string of the molecule is CCc1nn(C)c(C(=O)N2CCSCC2C)c1N. The Morgan fingerprint density at radius 2 is 2.33 bits per heavy atom. The van der Waals surface area contributed by atoms with Crippen LogP contribution in [-0.2, 0) is 13.5 Å². The van der Waals surface area contributed by atoms with Crippen LogP contribution in [0.1, 0.15) is 30.0 Å². The Balaban J connectivity index is 2.30. The molecule has 0 spiro atoms. The van der Waals surface area contributed by atoms with E-state index in [2.05, 4.69) is 12.0 Å². The maximum Gasteiger partial charge on any atom is 0.274 e.